The highest BCUT2D eigenvalue weighted by molar-refractivity contribution is 6.44. The molecule has 1 fully saturated rings. The second-order valence-electron chi connectivity index (χ2n) is 3.73. The zero-order valence-electron chi connectivity index (χ0n) is 8.43. The number of nitrogens with zero attached hydrogens (tertiary/aromatic N) is 1. The molecule has 4 heteroatoms. The van der Waals surface area contributed by atoms with Crippen LogP contribution in [0.2, 0.25) is 0 Å². The zero-order valence-corrected chi connectivity index (χ0v) is 9.94. The van der Waals surface area contributed by atoms with Crippen LogP contribution in [-0.2, 0) is 4.79 Å². The van der Waals surface area contributed by atoms with Gasteiger partial charge in [-0.05, 0) is 32.9 Å². The number of alkyl halides is 1. The van der Waals surface area contributed by atoms with Gasteiger partial charge in [0, 0.05) is 6.54 Å². The third-order valence-electron chi connectivity index (χ3n) is 2.48. The third kappa shape index (κ3) is 3.76. The predicted octanol–water partition coefficient (Wildman–Crippen LogP) is 2.44. The van der Waals surface area contributed by atoms with Gasteiger partial charge in [-0.2, -0.15) is 0 Å². The van der Waals surface area contributed by atoms with Crippen LogP contribution >= 0.6 is 23.2 Å². The van der Waals surface area contributed by atoms with Crippen molar-refractivity contribution < 1.29 is 4.79 Å². The van der Waals surface area contributed by atoms with E-state index in [4.69, 9.17) is 23.2 Å². The van der Waals surface area contributed by atoms with E-state index in [9.17, 15) is 4.79 Å². The van der Waals surface area contributed by atoms with Gasteiger partial charge in [-0.1, -0.05) is 6.42 Å². The fourth-order valence-corrected chi connectivity index (χ4v) is 2.09. The first kappa shape index (κ1) is 12.3. The first-order valence-corrected chi connectivity index (χ1v) is 5.82. The summed E-state index contributed by atoms with van der Waals surface area (Å²) in [6.07, 6.45) is 3.75. The van der Waals surface area contributed by atoms with Crippen LogP contribution in [0.5, 0.6) is 0 Å². The van der Waals surface area contributed by atoms with Crippen LogP contribution < -0.4 is 0 Å². The maximum absolute atomic E-state index is 11.0. The smallest absolute Gasteiger partial charge is 0.154 e. The molecule has 1 aliphatic rings. The molecule has 0 aromatic heterocycles. The molecule has 1 unspecified atom stereocenters. The molecule has 0 aromatic rings. The molecule has 14 heavy (non-hydrogen) atoms. The Kier molecular flexibility index (Phi) is 5.21. The van der Waals surface area contributed by atoms with Crippen molar-refractivity contribution in [1.82, 2.24) is 4.90 Å². The normalized spacial score (nSPS) is 21.1. The van der Waals surface area contributed by atoms with Gasteiger partial charge in [-0.3, -0.25) is 4.79 Å². The van der Waals surface area contributed by atoms with Crippen LogP contribution in [0.3, 0.4) is 0 Å². The Morgan fingerprint density at radius 2 is 1.93 bits per heavy atom. The Morgan fingerprint density at radius 3 is 2.43 bits per heavy atom. The van der Waals surface area contributed by atoms with E-state index >= 15 is 0 Å². The minimum atomic E-state index is -0.340. The van der Waals surface area contributed by atoms with Crippen LogP contribution in [0.15, 0.2) is 0 Å². The van der Waals surface area contributed by atoms with Gasteiger partial charge in [0.1, 0.15) is 5.38 Å². The Morgan fingerprint density at radius 1 is 1.36 bits per heavy atom. The zero-order chi connectivity index (χ0) is 10.6. The van der Waals surface area contributed by atoms with Crippen molar-refractivity contribution in [3.8, 4) is 0 Å². The number of Topliss-reactive ketones (excluding diaryl/α,β-unsaturated/α-hetero) is 1. The molecule has 1 rings (SSSR count). The second-order valence-corrected chi connectivity index (χ2v) is 4.67. The topological polar surface area (TPSA) is 20.3 Å². The lowest BCUT2D eigenvalue weighted by Gasteiger charge is -2.28. The van der Waals surface area contributed by atoms with Gasteiger partial charge in [0.15, 0.2) is 5.78 Å². The van der Waals surface area contributed by atoms with E-state index in [-0.39, 0.29) is 16.5 Å². The highest BCUT2D eigenvalue weighted by atomic mass is 35.5. The fraction of sp³-hybridized carbons (Fsp3) is 0.800. The molecule has 0 bridgehead atoms. The standard InChI is InChI=1S/C10H16Cl2NO/c1-8(14)10(12)9(11)7-13-5-3-2-4-6-13/h9H,2-7H2,1H3. The molecule has 0 aromatic carbocycles. The van der Waals surface area contributed by atoms with Crippen molar-refractivity contribution in [2.75, 3.05) is 19.6 Å². The molecular weight excluding hydrogens is 221 g/mol. The van der Waals surface area contributed by atoms with Crippen LogP contribution in [-0.4, -0.2) is 35.7 Å². The van der Waals surface area contributed by atoms with Gasteiger partial charge in [0.05, 0.1) is 5.38 Å². The largest absolute Gasteiger partial charge is 0.302 e. The number of halogens is 2. The first-order valence-electron chi connectivity index (χ1n) is 5.01. The number of ketones is 1. The van der Waals surface area contributed by atoms with Crippen LogP contribution in [0.25, 0.3) is 0 Å². The van der Waals surface area contributed by atoms with Crippen LogP contribution in [0, 0.1) is 5.38 Å². The summed E-state index contributed by atoms with van der Waals surface area (Å²) < 4.78 is 0. The van der Waals surface area contributed by atoms with Crippen molar-refractivity contribution >= 4 is 29.0 Å². The molecule has 1 radical (unpaired) electrons. The van der Waals surface area contributed by atoms with Gasteiger partial charge in [0.25, 0.3) is 0 Å². The molecule has 0 saturated carbocycles. The van der Waals surface area contributed by atoms with Gasteiger partial charge >= 0.3 is 0 Å². The summed E-state index contributed by atoms with van der Waals surface area (Å²) in [6.45, 7) is 4.30. The van der Waals surface area contributed by atoms with Crippen molar-refractivity contribution in [1.29, 1.82) is 0 Å². The summed E-state index contributed by atoms with van der Waals surface area (Å²) in [5.74, 6) is -0.122. The van der Waals surface area contributed by atoms with Crippen LogP contribution in [0.1, 0.15) is 26.2 Å². The van der Waals surface area contributed by atoms with Gasteiger partial charge in [-0.25, -0.2) is 0 Å². The number of likely N-dealkylation sites (tertiary alicyclic amines) is 1. The van der Waals surface area contributed by atoms with Crippen LogP contribution in [0.4, 0.5) is 0 Å². The molecule has 0 N–H and O–H groups in total. The third-order valence-corrected chi connectivity index (χ3v) is 3.48. The quantitative estimate of drug-likeness (QED) is 0.700. The Bertz CT molecular complexity index is 193. The van der Waals surface area contributed by atoms with Crippen molar-refractivity contribution in [2.45, 2.75) is 31.6 Å². The average Bonchev–Trinajstić information content (AvgIpc) is 2.18. The monoisotopic (exact) mass is 236 g/mol. The Hall–Kier alpha value is 0.210. The molecule has 2 nitrogen and oxygen atoms in total. The highest BCUT2D eigenvalue weighted by Gasteiger charge is 2.25. The predicted molar refractivity (Wildman–Crippen MR) is 59.7 cm³/mol. The summed E-state index contributed by atoms with van der Waals surface area (Å²) in [6, 6.07) is 0. The molecule has 1 aliphatic heterocycles. The van der Waals surface area contributed by atoms with E-state index in [2.05, 4.69) is 4.90 Å². The lowest BCUT2D eigenvalue weighted by molar-refractivity contribution is -0.114. The Balaban J connectivity index is 2.31. The number of carbonyl (C=O) groups is 1. The minimum Gasteiger partial charge on any atom is -0.302 e. The lowest BCUT2D eigenvalue weighted by Crippen LogP contribution is -2.36. The van der Waals surface area contributed by atoms with Crippen molar-refractivity contribution in [2.24, 2.45) is 0 Å². The molecule has 0 amide bonds. The molecule has 81 valence electrons. The van der Waals surface area contributed by atoms with E-state index in [1.54, 1.807) is 0 Å². The van der Waals surface area contributed by atoms with Crippen molar-refractivity contribution in [3.63, 3.8) is 0 Å². The molecule has 0 spiro atoms. The van der Waals surface area contributed by atoms with E-state index in [1.807, 2.05) is 0 Å². The van der Waals surface area contributed by atoms with Gasteiger partial charge in [-0.15, -0.1) is 23.2 Å². The maximum Gasteiger partial charge on any atom is 0.154 e. The maximum atomic E-state index is 11.0. The highest BCUT2D eigenvalue weighted by Crippen LogP contribution is 2.21. The number of piperidine rings is 1. The second kappa shape index (κ2) is 5.94. The fourth-order valence-electron chi connectivity index (χ4n) is 1.67. The average molecular weight is 237 g/mol. The Labute approximate surface area is 95.5 Å². The first-order chi connectivity index (χ1) is 6.61. The molecule has 1 saturated heterocycles. The molecular formula is C10H16Cl2NO. The number of carbonyl (C=O) groups excluding carboxylic acids is 1. The number of rotatable bonds is 4. The van der Waals surface area contributed by atoms with E-state index in [0.29, 0.717) is 6.54 Å². The molecule has 1 atom stereocenters. The van der Waals surface area contributed by atoms with E-state index < -0.39 is 0 Å². The summed E-state index contributed by atoms with van der Waals surface area (Å²) in [5, 5.41) is -0.0792. The number of hydrogen-bond acceptors (Lipinski definition) is 2. The summed E-state index contributed by atoms with van der Waals surface area (Å²) in [7, 11) is 0. The number of hydrogen-bond donors (Lipinski definition) is 0. The SMILES string of the molecule is CC(=O)[C](Cl)C(Cl)CN1CCCCC1. The molecule has 1 heterocycles. The van der Waals surface area contributed by atoms with E-state index in [1.165, 1.54) is 26.2 Å². The van der Waals surface area contributed by atoms with Crippen molar-refractivity contribution in [3.05, 3.63) is 5.38 Å². The summed E-state index contributed by atoms with van der Waals surface area (Å²) >= 11 is 11.8. The lowest BCUT2D eigenvalue weighted by atomic mass is 10.1. The summed E-state index contributed by atoms with van der Waals surface area (Å²) in [4.78, 5) is 13.2. The van der Waals surface area contributed by atoms with E-state index in [0.717, 1.165) is 13.1 Å². The van der Waals surface area contributed by atoms with Gasteiger partial charge in [0.2, 0.25) is 0 Å². The molecule has 0 aliphatic carbocycles. The van der Waals surface area contributed by atoms with Gasteiger partial charge < -0.3 is 4.90 Å². The summed E-state index contributed by atoms with van der Waals surface area (Å²) in [5.41, 5.74) is 0. The minimum absolute atomic E-state index is 0.122.